The van der Waals surface area contributed by atoms with E-state index in [-0.39, 0.29) is 35.2 Å². The molecule has 3 rings (SSSR count). The Hall–Kier alpha value is -2.60. The number of aliphatic hydroxyl groups is 1. The van der Waals surface area contributed by atoms with Crippen LogP contribution in [0.15, 0.2) is 30.3 Å². The predicted molar refractivity (Wildman–Crippen MR) is 72.6 cm³/mol. The van der Waals surface area contributed by atoms with E-state index in [1.807, 2.05) is 0 Å². The second-order valence-electron chi connectivity index (χ2n) is 5.01. The number of hydrogen-bond donors (Lipinski definition) is 5. The SMILES string of the molecule is Oc1cc(O)c2c(c1)C[C@@H](O)[C@@H](c1ccc(O)c(O)c1)O2. The number of aromatic hydroxyl groups is 4. The molecular formula is C15H14O6. The van der Waals surface area contributed by atoms with Crippen molar-refractivity contribution in [3.63, 3.8) is 0 Å². The second kappa shape index (κ2) is 4.75. The Labute approximate surface area is 120 Å². The summed E-state index contributed by atoms with van der Waals surface area (Å²) in [5.41, 5.74) is 0.968. The van der Waals surface area contributed by atoms with Crippen molar-refractivity contribution in [2.24, 2.45) is 0 Å². The molecule has 1 aliphatic heterocycles. The average molecular weight is 290 g/mol. The van der Waals surface area contributed by atoms with Gasteiger partial charge in [-0.25, -0.2) is 0 Å². The summed E-state index contributed by atoms with van der Waals surface area (Å²) in [5.74, 6) is -0.718. The third-order valence-electron chi connectivity index (χ3n) is 3.48. The maximum Gasteiger partial charge on any atom is 0.165 e. The quantitative estimate of drug-likeness (QED) is 0.510. The van der Waals surface area contributed by atoms with E-state index in [1.165, 1.54) is 24.3 Å². The topological polar surface area (TPSA) is 110 Å². The molecule has 1 heterocycles. The third kappa shape index (κ3) is 2.30. The molecule has 5 N–H and O–H groups in total. The van der Waals surface area contributed by atoms with Crippen LogP contribution >= 0.6 is 0 Å². The Morgan fingerprint density at radius 3 is 2.38 bits per heavy atom. The van der Waals surface area contributed by atoms with Crippen LogP contribution in [0.3, 0.4) is 0 Å². The largest absolute Gasteiger partial charge is 0.508 e. The van der Waals surface area contributed by atoms with Crippen LogP contribution in [0.5, 0.6) is 28.7 Å². The first-order valence-electron chi connectivity index (χ1n) is 6.37. The molecule has 2 aromatic carbocycles. The highest BCUT2D eigenvalue weighted by atomic mass is 16.5. The van der Waals surface area contributed by atoms with E-state index < -0.39 is 12.2 Å². The monoisotopic (exact) mass is 290 g/mol. The first-order valence-corrected chi connectivity index (χ1v) is 6.37. The number of phenolic OH excluding ortho intramolecular Hbond substituents is 4. The van der Waals surface area contributed by atoms with Crippen LogP contribution in [-0.2, 0) is 6.42 Å². The standard InChI is InChI=1S/C15H14O6/c16-9-3-8-5-12(19)14(21-15(8)13(20)6-9)7-1-2-10(17)11(18)4-7/h1-4,6,12,14,16-20H,5H2/t12-,14-/m1/s1. The molecule has 1 aliphatic rings. The Morgan fingerprint density at radius 2 is 1.67 bits per heavy atom. The summed E-state index contributed by atoms with van der Waals surface area (Å²) in [6.45, 7) is 0. The second-order valence-corrected chi connectivity index (χ2v) is 5.01. The maximum atomic E-state index is 10.2. The molecule has 0 aromatic heterocycles. The number of rotatable bonds is 1. The van der Waals surface area contributed by atoms with Gasteiger partial charge in [-0.05, 0) is 23.8 Å². The van der Waals surface area contributed by atoms with Gasteiger partial charge in [-0.15, -0.1) is 0 Å². The van der Waals surface area contributed by atoms with Crippen molar-refractivity contribution >= 4 is 0 Å². The third-order valence-corrected chi connectivity index (χ3v) is 3.48. The molecule has 0 saturated heterocycles. The number of phenols is 4. The van der Waals surface area contributed by atoms with Gasteiger partial charge in [0.15, 0.2) is 29.1 Å². The van der Waals surface area contributed by atoms with Gasteiger partial charge in [-0.3, -0.25) is 0 Å². The van der Waals surface area contributed by atoms with Crippen LogP contribution in [0.1, 0.15) is 17.2 Å². The Morgan fingerprint density at radius 1 is 0.905 bits per heavy atom. The van der Waals surface area contributed by atoms with E-state index >= 15 is 0 Å². The number of fused-ring (bicyclic) bond motifs is 1. The summed E-state index contributed by atoms with van der Waals surface area (Å²) in [6, 6.07) is 6.69. The number of aliphatic hydroxyl groups excluding tert-OH is 1. The Kier molecular flexibility index (Phi) is 3.03. The number of benzene rings is 2. The van der Waals surface area contributed by atoms with Gasteiger partial charge >= 0.3 is 0 Å². The zero-order valence-electron chi connectivity index (χ0n) is 10.9. The smallest absolute Gasteiger partial charge is 0.165 e. The van der Waals surface area contributed by atoms with E-state index in [2.05, 4.69) is 0 Å². The minimum Gasteiger partial charge on any atom is -0.508 e. The molecule has 21 heavy (non-hydrogen) atoms. The van der Waals surface area contributed by atoms with E-state index in [9.17, 15) is 25.5 Å². The summed E-state index contributed by atoms with van der Waals surface area (Å²) >= 11 is 0. The highest BCUT2D eigenvalue weighted by Gasteiger charge is 2.32. The summed E-state index contributed by atoms with van der Waals surface area (Å²) < 4.78 is 5.61. The average Bonchev–Trinajstić information content (AvgIpc) is 2.41. The van der Waals surface area contributed by atoms with Crippen molar-refractivity contribution in [2.45, 2.75) is 18.6 Å². The van der Waals surface area contributed by atoms with Crippen molar-refractivity contribution in [1.29, 1.82) is 0 Å². The normalized spacial score (nSPS) is 20.6. The van der Waals surface area contributed by atoms with E-state index in [4.69, 9.17) is 4.74 Å². The van der Waals surface area contributed by atoms with Crippen molar-refractivity contribution < 1.29 is 30.3 Å². The number of ether oxygens (including phenoxy) is 1. The molecule has 6 nitrogen and oxygen atoms in total. The Bertz CT molecular complexity index is 697. The fraction of sp³-hybridized carbons (Fsp3) is 0.200. The minimum absolute atomic E-state index is 0.109. The highest BCUT2D eigenvalue weighted by molar-refractivity contribution is 5.53. The fourth-order valence-corrected chi connectivity index (χ4v) is 2.49. The molecule has 2 atom stereocenters. The molecule has 110 valence electrons. The first-order chi connectivity index (χ1) is 9.95. The summed E-state index contributed by atoms with van der Waals surface area (Å²) in [7, 11) is 0. The zero-order valence-corrected chi connectivity index (χ0v) is 10.9. The van der Waals surface area contributed by atoms with Crippen molar-refractivity contribution in [2.75, 3.05) is 0 Å². The zero-order chi connectivity index (χ0) is 15.1. The van der Waals surface area contributed by atoms with Gasteiger partial charge in [-0.1, -0.05) is 6.07 Å². The molecule has 2 aromatic rings. The lowest BCUT2D eigenvalue weighted by Gasteiger charge is -2.31. The molecule has 6 heteroatoms. The first kappa shape index (κ1) is 13.4. The van der Waals surface area contributed by atoms with Crippen molar-refractivity contribution in [3.8, 4) is 28.7 Å². The molecule has 0 amide bonds. The molecular weight excluding hydrogens is 276 g/mol. The molecule has 0 radical (unpaired) electrons. The Balaban J connectivity index is 2.00. The fourth-order valence-electron chi connectivity index (χ4n) is 2.49. The lowest BCUT2D eigenvalue weighted by Crippen LogP contribution is -2.30. The lowest BCUT2D eigenvalue weighted by molar-refractivity contribution is 0.0188. The van der Waals surface area contributed by atoms with Crippen molar-refractivity contribution in [3.05, 3.63) is 41.5 Å². The van der Waals surface area contributed by atoms with Gasteiger partial charge in [0.1, 0.15) is 5.75 Å². The maximum absolute atomic E-state index is 10.2. The van der Waals surface area contributed by atoms with Gasteiger partial charge in [0.05, 0.1) is 6.10 Å². The molecule has 0 saturated carbocycles. The summed E-state index contributed by atoms with van der Waals surface area (Å²) in [4.78, 5) is 0. The van der Waals surface area contributed by atoms with Crippen molar-refractivity contribution in [1.82, 2.24) is 0 Å². The van der Waals surface area contributed by atoms with E-state index in [1.54, 1.807) is 0 Å². The predicted octanol–water partition coefficient (Wildman–Crippen LogP) is 1.55. The van der Waals surface area contributed by atoms with Crippen LogP contribution < -0.4 is 4.74 Å². The summed E-state index contributed by atoms with van der Waals surface area (Å²) in [6.07, 6.45) is -1.52. The minimum atomic E-state index is -0.914. The van der Waals surface area contributed by atoms with E-state index in [0.29, 0.717) is 11.1 Å². The van der Waals surface area contributed by atoms with Gasteiger partial charge in [0, 0.05) is 18.1 Å². The van der Waals surface area contributed by atoms with Crippen LogP contribution in [0, 0.1) is 0 Å². The molecule has 0 bridgehead atoms. The molecule has 0 spiro atoms. The van der Waals surface area contributed by atoms with Gasteiger partial charge in [-0.2, -0.15) is 0 Å². The number of hydrogen-bond acceptors (Lipinski definition) is 6. The molecule has 0 fully saturated rings. The van der Waals surface area contributed by atoms with Gasteiger partial charge in [0.2, 0.25) is 0 Å². The van der Waals surface area contributed by atoms with E-state index in [0.717, 1.165) is 6.07 Å². The van der Waals surface area contributed by atoms with Gasteiger partial charge in [0.25, 0.3) is 0 Å². The van der Waals surface area contributed by atoms with Gasteiger partial charge < -0.3 is 30.3 Å². The lowest BCUT2D eigenvalue weighted by atomic mass is 9.94. The molecule has 0 aliphatic carbocycles. The van der Waals surface area contributed by atoms with Crippen LogP contribution in [0.2, 0.25) is 0 Å². The summed E-state index contributed by atoms with van der Waals surface area (Å²) in [5, 5.41) is 48.3. The molecule has 0 unspecified atom stereocenters. The van der Waals surface area contributed by atoms with Crippen LogP contribution in [0.25, 0.3) is 0 Å². The van der Waals surface area contributed by atoms with Crippen LogP contribution in [0.4, 0.5) is 0 Å². The van der Waals surface area contributed by atoms with Crippen LogP contribution in [-0.4, -0.2) is 31.6 Å². The highest BCUT2D eigenvalue weighted by Crippen LogP contribution is 2.43.